The minimum atomic E-state index is -4.65. The molecule has 1 saturated heterocycles. The molecule has 0 bridgehead atoms. The third kappa shape index (κ3) is 5.84. The van der Waals surface area contributed by atoms with E-state index in [0.29, 0.717) is 42.4 Å². The Kier molecular flexibility index (Phi) is 6.73. The second-order valence-electron chi connectivity index (χ2n) is 10.7. The number of nitrogens with one attached hydrogen (secondary N) is 2. The molecule has 5 rings (SSSR count). The first-order chi connectivity index (χ1) is 18.4. The van der Waals surface area contributed by atoms with Crippen molar-refractivity contribution in [1.82, 2.24) is 29.6 Å². The molecule has 4 heterocycles. The smallest absolute Gasteiger partial charge is 0.419 e. The van der Waals surface area contributed by atoms with E-state index in [1.807, 2.05) is 31.4 Å². The van der Waals surface area contributed by atoms with Crippen LogP contribution in [0.4, 0.5) is 23.9 Å². The van der Waals surface area contributed by atoms with Gasteiger partial charge in [0, 0.05) is 66.8 Å². The monoisotopic (exact) mass is 541 g/mol. The lowest BCUT2D eigenvalue weighted by Crippen LogP contribution is -2.47. The quantitative estimate of drug-likeness (QED) is 0.336. The van der Waals surface area contributed by atoms with Gasteiger partial charge in [-0.3, -0.25) is 4.68 Å². The minimum Gasteiger partial charge on any atom is -0.444 e. The number of aromatic nitrogens is 5. The van der Waals surface area contributed by atoms with Crippen molar-refractivity contribution in [3.8, 4) is 22.5 Å². The molecule has 1 amide bonds. The molecule has 0 saturated carbocycles. The summed E-state index contributed by atoms with van der Waals surface area (Å²) in [4.78, 5) is 25.5. The molecule has 4 aromatic rings. The second kappa shape index (κ2) is 9.90. The normalized spacial score (nSPS) is 16.5. The molecule has 1 atom stereocenters. The highest BCUT2D eigenvalue weighted by Gasteiger charge is 2.36. The van der Waals surface area contributed by atoms with Gasteiger partial charge in [0.15, 0.2) is 0 Å². The van der Waals surface area contributed by atoms with E-state index < -0.39 is 23.4 Å². The van der Waals surface area contributed by atoms with Crippen molar-refractivity contribution in [1.29, 1.82) is 0 Å². The van der Waals surface area contributed by atoms with E-state index in [-0.39, 0.29) is 17.7 Å². The van der Waals surface area contributed by atoms with Crippen molar-refractivity contribution >= 4 is 22.9 Å². The van der Waals surface area contributed by atoms with Crippen LogP contribution in [0.3, 0.4) is 0 Å². The Balaban J connectivity index is 1.44. The van der Waals surface area contributed by atoms with Gasteiger partial charge < -0.3 is 19.9 Å². The number of likely N-dealkylation sites (tertiary alicyclic amines) is 1. The van der Waals surface area contributed by atoms with E-state index in [9.17, 15) is 18.0 Å². The van der Waals surface area contributed by atoms with Crippen LogP contribution in [0, 0.1) is 0 Å². The average molecular weight is 542 g/mol. The van der Waals surface area contributed by atoms with Crippen molar-refractivity contribution in [2.75, 3.05) is 18.4 Å². The van der Waals surface area contributed by atoms with Crippen LogP contribution in [0.15, 0.2) is 42.9 Å². The largest absolute Gasteiger partial charge is 0.444 e. The molecule has 1 aliphatic heterocycles. The molecule has 0 radical (unpaired) electrons. The van der Waals surface area contributed by atoms with Crippen LogP contribution in [0.25, 0.3) is 33.4 Å². The molecular formula is C27H30F3N7O2. The summed E-state index contributed by atoms with van der Waals surface area (Å²) >= 11 is 0. The number of alkyl halides is 3. The van der Waals surface area contributed by atoms with Gasteiger partial charge in [-0.25, -0.2) is 14.8 Å². The summed E-state index contributed by atoms with van der Waals surface area (Å²) in [5.74, 6) is 0.0634. The molecule has 2 N–H and O–H groups in total. The van der Waals surface area contributed by atoms with Gasteiger partial charge in [0.2, 0.25) is 5.95 Å². The SMILES string of the molecule is Cn1ccc(-c2ccc3c(-c4nc(N[C@H]5CCCN(C(=O)OC(C)(C)C)C5)ncc4C(F)(F)F)c[nH]c3c2)n1. The van der Waals surface area contributed by atoms with Crippen LogP contribution in [0.5, 0.6) is 0 Å². The van der Waals surface area contributed by atoms with Crippen LogP contribution >= 0.6 is 0 Å². The first kappa shape index (κ1) is 26.5. The molecular weight excluding hydrogens is 511 g/mol. The summed E-state index contributed by atoms with van der Waals surface area (Å²) in [6, 6.07) is 7.06. The number of aryl methyl sites for hydroxylation is 1. The number of amides is 1. The number of aromatic amines is 1. The fourth-order valence-corrected chi connectivity index (χ4v) is 4.68. The maximum atomic E-state index is 14.0. The summed E-state index contributed by atoms with van der Waals surface area (Å²) in [6.07, 6.45) is 0.507. The van der Waals surface area contributed by atoms with E-state index in [1.165, 1.54) is 6.20 Å². The van der Waals surface area contributed by atoms with Crippen LogP contribution < -0.4 is 5.32 Å². The number of H-pyrrole nitrogens is 1. The summed E-state index contributed by atoms with van der Waals surface area (Å²) < 4.78 is 49.2. The molecule has 0 spiro atoms. The van der Waals surface area contributed by atoms with Crippen LogP contribution in [-0.2, 0) is 18.0 Å². The number of rotatable bonds is 4. The standard InChI is InChI=1S/C27H30F3N7O2/c1-26(2,3)39-25(38)37-10-5-6-17(15-37)33-24-32-14-20(27(28,29)30)23(34-24)19-13-31-22-12-16(7-8-18(19)22)21-9-11-36(4)35-21/h7-9,11-14,17,31H,5-6,10,15H2,1-4H3,(H,32,33,34)/t17-/m0/s1. The number of halogens is 3. The highest BCUT2D eigenvalue weighted by molar-refractivity contribution is 5.97. The first-order valence-corrected chi connectivity index (χ1v) is 12.7. The van der Waals surface area contributed by atoms with Crippen LogP contribution in [-0.4, -0.2) is 60.5 Å². The summed E-state index contributed by atoms with van der Waals surface area (Å²) in [5.41, 5.74) is 0.792. The van der Waals surface area contributed by atoms with Gasteiger partial charge in [0.05, 0.1) is 11.4 Å². The predicted molar refractivity (Wildman–Crippen MR) is 141 cm³/mol. The topological polar surface area (TPSA) is 101 Å². The second-order valence-corrected chi connectivity index (χ2v) is 10.7. The third-order valence-electron chi connectivity index (χ3n) is 6.45. The van der Waals surface area contributed by atoms with Gasteiger partial charge in [-0.1, -0.05) is 12.1 Å². The molecule has 3 aromatic heterocycles. The number of carbonyl (C=O) groups is 1. The number of fused-ring (bicyclic) bond motifs is 1. The highest BCUT2D eigenvalue weighted by atomic mass is 19.4. The lowest BCUT2D eigenvalue weighted by molar-refractivity contribution is -0.137. The predicted octanol–water partition coefficient (Wildman–Crippen LogP) is 5.86. The van der Waals surface area contributed by atoms with E-state index >= 15 is 0 Å². The zero-order valence-corrected chi connectivity index (χ0v) is 22.1. The number of ether oxygens (including phenoxy) is 1. The Labute approximate surface area is 223 Å². The number of hydrogen-bond acceptors (Lipinski definition) is 6. The van der Waals surface area contributed by atoms with Gasteiger partial charge in [-0.2, -0.15) is 18.3 Å². The highest BCUT2D eigenvalue weighted by Crippen LogP contribution is 2.39. The van der Waals surface area contributed by atoms with Crippen molar-refractivity contribution in [3.63, 3.8) is 0 Å². The Morgan fingerprint density at radius 2 is 2.00 bits per heavy atom. The molecule has 12 heteroatoms. The Bertz CT molecular complexity index is 1500. The molecule has 1 aliphatic rings. The van der Waals surface area contributed by atoms with E-state index in [4.69, 9.17) is 4.74 Å². The first-order valence-electron chi connectivity index (χ1n) is 12.7. The number of hydrogen-bond donors (Lipinski definition) is 2. The number of nitrogens with zero attached hydrogens (tertiary/aromatic N) is 5. The van der Waals surface area contributed by atoms with Crippen molar-refractivity contribution < 1.29 is 22.7 Å². The average Bonchev–Trinajstić information content (AvgIpc) is 3.48. The van der Waals surface area contributed by atoms with Crippen LogP contribution in [0.1, 0.15) is 39.2 Å². The van der Waals surface area contributed by atoms with Gasteiger partial charge in [-0.05, 0) is 45.7 Å². The van der Waals surface area contributed by atoms with E-state index in [1.54, 1.807) is 36.4 Å². The lowest BCUT2D eigenvalue weighted by Gasteiger charge is -2.34. The molecule has 9 nitrogen and oxygen atoms in total. The lowest BCUT2D eigenvalue weighted by atomic mass is 10.0. The molecule has 206 valence electrons. The Hall–Kier alpha value is -4.09. The minimum absolute atomic E-state index is 0.0634. The molecule has 0 aliphatic carbocycles. The van der Waals surface area contributed by atoms with Crippen molar-refractivity contribution in [2.45, 2.75) is 51.4 Å². The number of carbonyl (C=O) groups excluding carboxylic acids is 1. The summed E-state index contributed by atoms with van der Waals surface area (Å²) in [7, 11) is 1.82. The Morgan fingerprint density at radius 1 is 1.21 bits per heavy atom. The molecule has 39 heavy (non-hydrogen) atoms. The third-order valence-corrected chi connectivity index (χ3v) is 6.45. The van der Waals surface area contributed by atoms with Gasteiger partial charge in [-0.15, -0.1) is 0 Å². The summed E-state index contributed by atoms with van der Waals surface area (Å²) in [6.45, 7) is 6.27. The van der Waals surface area contributed by atoms with Crippen LogP contribution in [0.2, 0.25) is 0 Å². The maximum Gasteiger partial charge on any atom is 0.419 e. The van der Waals surface area contributed by atoms with Gasteiger partial charge >= 0.3 is 12.3 Å². The van der Waals surface area contributed by atoms with Gasteiger partial charge in [0.1, 0.15) is 11.2 Å². The zero-order chi connectivity index (χ0) is 27.9. The fourth-order valence-electron chi connectivity index (χ4n) is 4.68. The zero-order valence-electron chi connectivity index (χ0n) is 22.1. The summed E-state index contributed by atoms with van der Waals surface area (Å²) in [5, 5.41) is 8.12. The van der Waals surface area contributed by atoms with Crippen molar-refractivity contribution in [3.05, 3.63) is 48.4 Å². The van der Waals surface area contributed by atoms with Gasteiger partial charge in [0.25, 0.3) is 0 Å². The maximum absolute atomic E-state index is 14.0. The Morgan fingerprint density at radius 3 is 2.69 bits per heavy atom. The molecule has 1 aromatic carbocycles. The number of benzene rings is 1. The number of piperidine rings is 1. The molecule has 1 fully saturated rings. The van der Waals surface area contributed by atoms with Crippen molar-refractivity contribution in [2.24, 2.45) is 7.05 Å². The number of anilines is 1. The van der Waals surface area contributed by atoms with E-state index in [2.05, 4.69) is 25.4 Å². The fraction of sp³-hybridized carbons (Fsp3) is 0.407. The van der Waals surface area contributed by atoms with E-state index in [0.717, 1.165) is 17.5 Å². The molecule has 0 unspecified atom stereocenters.